The van der Waals surface area contributed by atoms with Gasteiger partial charge in [-0.25, -0.2) is 0 Å². The van der Waals surface area contributed by atoms with Crippen LogP contribution in [0.15, 0.2) is 36.3 Å². The lowest BCUT2D eigenvalue weighted by molar-refractivity contribution is 0.107. The largest absolute Gasteiger partial charge is 0.481 e. The van der Waals surface area contributed by atoms with Gasteiger partial charge >= 0.3 is 0 Å². The molecular formula is C10H12O2. The number of hydrogen-bond acceptors (Lipinski definition) is 2. The molecule has 64 valence electrons. The van der Waals surface area contributed by atoms with E-state index in [-0.39, 0.29) is 5.95 Å². The molecule has 0 atom stereocenters. The van der Waals surface area contributed by atoms with E-state index in [1.165, 1.54) is 0 Å². The van der Waals surface area contributed by atoms with Gasteiger partial charge in [-0.3, -0.25) is 0 Å². The summed E-state index contributed by atoms with van der Waals surface area (Å²) in [4.78, 5) is 0. The Morgan fingerprint density at radius 2 is 2.08 bits per heavy atom. The van der Waals surface area contributed by atoms with Crippen molar-refractivity contribution in [3.63, 3.8) is 0 Å². The molecule has 0 bridgehead atoms. The quantitative estimate of drug-likeness (QED) is 0.696. The van der Waals surface area contributed by atoms with E-state index in [1.54, 1.807) is 6.08 Å². The Bertz CT molecular complexity index is 252. The van der Waals surface area contributed by atoms with Crippen molar-refractivity contribution in [1.82, 2.24) is 0 Å². The molecule has 1 aromatic carbocycles. The van der Waals surface area contributed by atoms with Gasteiger partial charge in [-0.05, 0) is 12.5 Å². The predicted octanol–water partition coefficient (Wildman–Crippen LogP) is 2.58. The number of ether oxygens (including phenoxy) is 1. The molecule has 0 saturated carbocycles. The maximum Gasteiger partial charge on any atom is 0.277 e. The van der Waals surface area contributed by atoms with Crippen LogP contribution in [0.4, 0.5) is 0 Å². The normalized spacial score (nSPS) is 11.2. The van der Waals surface area contributed by atoms with Gasteiger partial charge in [-0.15, -0.1) is 0 Å². The molecule has 0 aromatic heterocycles. The van der Waals surface area contributed by atoms with Crippen molar-refractivity contribution in [3.8, 4) is 0 Å². The molecule has 12 heavy (non-hydrogen) atoms. The van der Waals surface area contributed by atoms with E-state index in [0.29, 0.717) is 6.61 Å². The van der Waals surface area contributed by atoms with Crippen LogP contribution in [0.2, 0.25) is 0 Å². The molecule has 1 aromatic rings. The third-order valence-corrected chi connectivity index (χ3v) is 1.38. The van der Waals surface area contributed by atoms with E-state index in [4.69, 9.17) is 9.84 Å². The minimum atomic E-state index is -0.0382. The zero-order valence-corrected chi connectivity index (χ0v) is 7.03. The summed E-state index contributed by atoms with van der Waals surface area (Å²) in [5, 5.41) is 9.14. The second kappa shape index (κ2) is 4.44. The average Bonchev–Trinajstić information content (AvgIpc) is 2.06. The van der Waals surface area contributed by atoms with E-state index in [9.17, 15) is 0 Å². The highest BCUT2D eigenvalue weighted by Gasteiger charge is 1.91. The summed E-state index contributed by atoms with van der Waals surface area (Å²) in [6, 6.07) is 9.54. The van der Waals surface area contributed by atoms with Crippen LogP contribution in [0.25, 0.3) is 6.08 Å². The van der Waals surface area contributed by atoms with Crippen LogP contribution in [-0.4, -0.2) is 11.7 Å². The molecule has 2 heteroatoms. The monoisotopic (exact) mass is 164 g/mol. The molecule has 0 spiro atoms. The maximum absolute atomic E-state index is 9.14. The number of hydrogen-bond donors (Lipinski definition) is 1. The molecule has 0 fully saturated rings. The lowest BCUT2D eigenvalue weighted by Gasteiger charge is -1.99. The molecular weight excluding hydrogens is 152 g/mol. The summed E-state index contributed by atoms with van der Waals surface area (Å²) in [5.74, 6) is -0.0382. The molecule has 0 heterocycles. The highest BCUT2D eigenvalue weighted by Crippen LogP contribution is 2.04. The summed E-state index contributed by atoms with van der Waals surface area (Å²) in [7, 11) is 0. The molecule has 0 saturated heterocycles. The first-order chi connectivity index (χ1) is 5.83. The highest BCUT2D eigenvalue weighted by molar-refractivity contribution is 5.49. The zero-order valence-electron chi connectivity index (χ0n) is 7.03. The number of benzene rings is 1. The summed E-state index contributed by atoms with van der Waals surface area (Å²) in [5.41, 5.74) is 0.934. The minimum Gasteiger partial charge on any atom is -0.481 e. The van der Waals surface area contributed by atoms with E-state index in [2.05, 4.69) is 0 Å². The molecule has 0 aliphatic rings. The van der Waals surface area contributed by atoms with Gasteiger partial charge < -0.3 is 9.84 Å². The van der Waals surface area contributed by atoms with Crippen molar-refractivity contribution in [2.75, 3.05) is 6.61 Å². The molecule has 0 amide bonds. The van der Waals surface area contributed by atoms with Gasteiger partial charge in [0.1, 0.15) is 0 Å². The Kier molecular flexibility index (Phi) is 3.20. The fourth-order valence-corrected chi connectivity index (χ4v) is 0.881. The van der Waals surface area contributed by atoms with Crippen molar-refractivity contribution >= 4 is 6.08 Å². The second-order valence-corrected chi connectivity index (χ2v) is 2.33. The average molecular weight is 164 g/mol. The Morgan fingerprint density at radius 1 is 1.42 bits per heavy atom. The van der Waals surface area contributed by atoms with E-state index < -0.39 is 0 Å². The van der Waals surface area contributed by atoms with Crippen molar-refractivity contribution in [3.05, 3.63) is 41.8 Å². The Balaban J connectivity index is 2.67. The van der Waals surface area contributed by atoms with Crippen molar-refractivity contribution in [2.45, 2.75) is 6.92 Å². The van der Waals surface area contributed by atoms with Crippen LogP contribution in [0, 0.1) is 0 Å². The molecule has 2 nitrogen and oxygen atoms in total. The second-order valence-electron chi connectivity index (χ2n) is 2.33. The number of rotatable bonds is 3. The summed E-state index contributed by atoms with van der Waals surface area (Å²) < 4.78 is 4.86. The SMILES string of the molecule is CCOC(O)=Cc1ccccc1. The van der Waals surface area contributed by atoms with Crippen LogP contribution in [0.5, 0.6) is 0 Å². The Morgan fingerprint density at radius 3 is 2.67 bits per heavy atom. The van der Waals surface area contributed by atoms with Crippen LogP contribution in [-0.2, 0) is 4.74 Å². The van der Waals surface area contributed by atoms with Gasteiger partial charge in [0.25, 0.3) is 5.95 Å². The van der Waals surface area contributed by atoms with Crippen LogP contribution in [0.1, 0.15) is 12.5 Å². The van der Waals surface area contributed by atoms with Gasteiger partial charge in [-0.1, -0.05) is 30.3 Å². The van der Waals surface area contributed by atoms with Crippen LogP contribution < -0.4 is 0 Å². The van der Waals surface area contributed by atoms with Crippen LogP contribution >= 0.6 is 0 Å². The van der Waals surface area contributed by atoms with Gasteiger partial charge in [-0.2, -0.15) is 0 Å². The third kappa shape index (κ3) is 2.66. The van der Waals surface area contributed by atoms with Gasteiger partial charge in [0.15, 0.2) is 0 Å². The number of aliphatic hydroxyl groups is 1. The van der Waals surface area contributed by atoms with Gasteiger partial charge in [0.2, 0.25) is 0 Å². The molecule has 0 aliphatic carbocycles. The van der Waals surface area contributed by atoms with Gasteiger partial charge in [0.05, 0.1) is 6.61 Å². The molecule has 1 rings (SSSR count). The van der Waals surface area contributed by atoms with Crippen molar-refractivity contribution in [2.24, 2.45) is 0 Å². The van der Waals surface area contributed by atoms with E-state index >= 15 is 0 Å². The Labute approximate surface area is 72.1 Å². The summed E-state index contributed by atoms with van der Waals surface area (Å²) in [6.07, 6.45) is 1.59. The highest BCUT2D eigenvalue weighted by atomic mass is 16.6. The smallest absolute Gasteiger partial charge is 0.277 e. The topological polar surface area (TPSA) is 29.5 Å². The number of aliphatic hydroxyl groups excluding tert-OH is 1. The lowest BCUT2D eigenvalue weighted by Crippen LogP contribution is -1.88. The van der Waals surface area contributed by atoms with E-state index in [0.717, 1.165) is 5.56 Å². The fourth-order valence-electron chi connectivity index (χ4n) is 0.881. The van der Waals surface area contributed by atoms with Crippen LogP contribution in [0.3, 0.4) is 0 Å². The van der Waals surface area contributed by atoms with E-state index in [1.807, 2.05) is 37.3 Å². The third-order valence-electron chi connectivity index (χ3n) is 1.38. The predicted molar refractivity (Wildman–Crippen MR) is 48.7 cm³/mol. The fraction of sp³-hybridized carbons (Fsp3) is 0.200. The minimum absolute atomic E-state index is 0.0382. The van der Waals surface area contributed by atoms with Crippen molar-refractivity contribution in [1.29, 1.82) is 0 Å². The summed E-state index contributed by atoms with van der Waals surface area (Å²) in [6.45, 7) is 2.31. The molecule has 0 unspecified atom stereocenters. The maximum atomic E-state index is 9.14. The standard InChI is InChI=1S/C10H12O2/c1-2-12-10(11)8-9-6-4-3-5-7-9/h3-8,11H,2H2,1H3. The van der Waals surface area contributed by atoms with Crippen molar-refractivity contribution < 1.29 is 9.84 Å². The Hall–Kier alpha value is -1.44. The first kappa shape index (κ1) is 8.65. The van der Waals surface area contributed by atoms with Gasteiger partial charge in [0, 0.05) is 6.08 Å². The molecule has 0 radical (unpaired) electrons. The molecule has 0 aliphatic heterocycles. The first-order valence-corrected chi connectivity index (χ1v) is 3.91. The first-order valence-electron chi connectivity index (χ1n) is 3.91. The molecule has 1 N–H and O–H groups in total. The summed E-state index contributed by atoms with van der Waals surface area (Å²) >= 11 is 0. The zero-order chi connectivity index (χ0) is 8.81. The lowest BCUT2D eigenvalue weighted by atomic mass is 10.2.